The zero-order chi connectivity index (χ0) is 23.5. The van der Waals surface area contributed by atoms with E-state index in [1.807, 2.05) is 47.4 Å². The maximum atomic E-state index is 12.9. The second-order valence-corrected chi connectivity index (χ2v) is 8.89. The molecule has 1 fully saturated rings. The summed E-state index contributed by atoms with van der Waals surface area (Å²) in [7, 11) is 0. The first kappa shape index (κ1) is 22.2. The first-order valence-corrected chi connectivity index (χ1v) is 11.8. The summed E-state index contributed by atoms with van der Waals surface area (Å²) >= 11 is 5.96. The molecule has 1 aliphatic heterocycles. The van der Waals surface area contributed by atoms with E-state index in [4.69, 9.17) is 21.6 Å². The molecule has 0 spiro atoms. The summed E-state index contributed by atoms with van der Waals surface area (Å²) in [6, 6.07) is 25.5. The second-order valence-electron chi connectivity index (χ2n) is 8.45. The number of hydrogen-bond donors (Lipinski definition) is 1. The third-order valence-electron chi connectivity index (χ3n) is 6.19. The number of piperazine rings is 1. The number of carbonyl (C=O) groups is 1. The Bertz CT molecular complexity index is 1290. The van der Waals surface area contributed by atoms with Gasteiger partial charge < -0.3 is 15.1 Å². The minimum atomic E-state index is 0.0230. The summed E-state index contributed by atoms with van der Waals surface area (Å²) in [5.41, 5.74) is 2.75. The van der Waals surface area contributed by atoms with Crippen molar-refractivity contribution < 1.29 is 4.79 Å². The molecule has 0 aliphatic carbocycles. The van der Waals surface area contributed by atoms with E-state index in [1.54, 1.807) is 24.3 Å². The second kappa shape index (κ2) is 9.69. The molecule has 0 bridgehead atoms. The highest BCUT2D eigenvalue weighted by atomic mass is 35.5. The number of rotatable bonds is 5. The standard InChI is InChI=1S/C27H26ClN5O/c1-19(20-7-3-2-4-8-20)29-25-23-9-5-6-10-24(23)30-27(31-25)33-17-15-32(16-18-33)26(34)21-11-13-22(28)14-12-21/h2-14,19H,15-18H2,1H3,(H,29,30,31)/t19-/m1/s1. The van der Waals surface area contributed by atoms with Crippen LogP contribution in [0.25, 0.3) is 10.9 Å². The van der Waals surface area contributed by atoms with Crippen LogP contribution in [0.15, 0.2) is 78.9 Å². The highest BCUT2D eigenvalue weighted by molar-refractivity contribution is 6.30. The van der Waals surface area contributed by atoms with Crippen LogP contribution in [0, 0.1) is 0 Å². The fourth-order valence-corrected chi connectivity index (χ4v) is 4.36. The molecule has 4 aromatic rings. The smallest absolute Gasteiger partial charge is 0.253 e. The van der Waals surface area contributed by atoms with E-state index >= 15 is 0 Å². The van der Waals surface area contributed by atoms with Crippen molar-refractivity contribution >= 4 is 40.2 Å². The maximum absolute atomic E-state index is 12.9. The van der Waals surface area contributed by atoms with E-state index in [2.05, 4.69) is 29.3 Å². The lowest BCUT2D eigenvalue weighted by Gasteiger charge is -2.35. The summed E-state index contributed by atoms with van der Waals surface area (Å²) in [4.78, 5) is 26.6. The molecule has 1 atom stereocenters. The molecule has 3 aromatic carbocycles. The van der Waals surface area contributed by atoms with Crippen molar-refractivity contribution in [3.05, 3.63) is 95.0 Å². The highest BCUT2D eigenvalue weighted by Crippen LogP contribution is 2.27. The zero-order valence-corrected chi connectivity index (χ0v) is 19.7. The van der Waals surface area contributed by atoms with Crippen molar-refractivity contribution in [2.24, 2.45) is 0 Å². The lowest BCUT2D eigenvalue weighted by atomic mass is 10.1. The zero-order valence-electron chi connectivity index (χ0n) is 19.0. The highest BCUT2D eigenvalue weighted by Gasteiger charge is 2.24. The number of anilines is 2. The number of nitrogens with one attached hydrogen (secondary N) is 1. The van der Waals surface area contributed by atoms with Gasteiger partial charge in [-0.3, -0.25) is 4.79 Å². The van der Waals surface area contributed by atoms with Crippen LogP contribution in [0.1, 0.15) is 28.9 Å². The van der Waals surface area contributed by atoms with Crippen molar-refractivity contribution in [3.8, 4) is 0 Å². The average molecular weight is 472 g/mol. The molecule has 0 unspecified atom stereocenters. The molecule has 34 heavy (non-hydrogen) atoms. The van der Waals surface area contributed by atoms with Crippen LogP contribution in [-0.4, -0.2) is 47.0 Å². The minimum Gasteiger partial charge on any atom is -0.363 e. The lowest BCUT2D eigenvalue weighted by molar-refractivity contribution is 0.0746. The summed E-state index contributed by atoms with van der Waals surface area (Å²) in [5, 5.41) is 5.20. The van der Waals surface area contributed by atoms with Crippen LogP contribution in [-0.2, 0) is 0 Å². The van der Waals surface area contributed by atoms with Crippen LogP contribution in [0.4, 0.5) is 11.8 Å². The predicted molar refractivity (Wildman–Crippen MR) is 138 cm³/mol. The molecule has 6 nitrogen and oxygen atoms in total. The average Bonchev–Trinajstić information content (AvgIpc) is 2.89. The Morgan fingerprint density at radius 3 is 2.29 bits per heavy atom. The van der Waals surface area contributed by atoms with E-state index in [9.17, 15) is 4.79 Å². The number of nitrogens with zero attached hydrogens (tertiary/aromatic N) is 4. The van der Waals surface area contributed by atoms with E-state index in [1.165, 1.54) is 5.56 Å². The molecule has 0 radical (unpaired) electrons. The van der Waals surface area contributed by atoms with Gasteiger partial charge in [0, 0.05) is 48.2 Å². The predicted octanol–water partition coefficient (Wildman–Crippen LogP) is 5.42. The van der Waals surface area contributed by atoms with Crippen molar-refractivity contribution in [2.45, 2.75) is 13.0 Å². The fourth-order valence-electron chi connectivity index (χ4n) is 4.23. The van der Waals surface area contributed by atoms with Gasteiger partial charge in [0.15, 0.2) is 0 Å². The van der Waals surface area contributed by atoms with Gasteiger partial charge in [0.05, 0.1) is 5.52 Å². The number of amides is 1. The van der Waals surface area contributed by atoms with Gasteiger partial charge in [-0.05, 0) is 48.9 Å². The number of benzene rings is 3. The van der Waals surface area contributed by atoms with Crippen LogP contribution in [0.3, 0.4) is 0 Å². The Hall–Kier alpha value is -3.64. The molecule has 1 aromatic heterocycles. The van der Waals surface area contributed by atoms with Gasteiger partial charge >= 0.3 is 0 Å². The number of para-hydroxylation sites is 1. The van der Waals surface area contributed by atoms with Gasteiger partial charge in [0.2, 0.25) is 5.95 Å². The number of halogens is 1. The first-order chi connectivity index (χ1) is 16.6. The van der Waals surface area contributed by atoms with E-state index in [0.717, 1.165) is 16.7 Å². The molecular weight excluding hydrogens is 446 g/mol. The quantitative estimate of drug-likeness (QED) is 0.421. The molecule has 5 rings (SSSR count). The minimum absolute atomic E-state index is 0.0230. The van der Waals surface area contributed by atoms with Crippen molar-refractivity contribution in [2.75, 3.05) is 36.4 Å². The van der Waals surface area contributed by atoms with Gasteiger partial charge in [0.1, 0.15) is 5.82 Å². The lowest BCUT2D eigenvalue weighted by Crippen LogP contribution is -2.49. The summed E-state index contributed by atoms with van der Waals surface area (Å²) in [6.07, 6.45) is 0. The number of carbonyl (C=O) groups excluding carboxylic acids is 1. The number of hydrogen-bond acceptors (Lipinski definition) is 5. The third kappa shape index (κ3) is 4.68. The number of fused-ring (bicyclic) bond motifs is 1. The molecule has 1 N–H and O–H groups in total. The molecule has 1 saturated heterocycles. The van der Waals surface area contributed by atoms with Crippen LogP contribution >= 0.6 is 11.6 Å². The van der Waals surface area contributed by atoms with Gasteiger partial charge in [-0.2, -0.15) is 4.98 Å². The number of aromatic nitrogens is 2. The van der Waals surface area contributed by atoms with Crippen LogP contribution < -0.4 is 10.2 Å². The Labute approximate surface area is 204 Å². The summed E-state index contributed by atoms with van der Waals surface area (Å²) in [6.45, 7) is 4.70. The molecule has 7 heteroatoms. The van der Waals surface area contributed by atoms with Crippen LogP contribution in [0.2, 0.25) is 5.02 Å². The SMILES string of the molecule is C[C@@H](Nc1nc(N2CCN(C(=O)c3ccc(Cl)cc3)CC2)nc2ccccc12)c1ccccc1. The van der Waals surface area contributed by atoms with E-state index in [-0.39, 0.29) is 11.9 Å². The van der Waals surface area contributed by atoms with Gasteiger partial charge in [0.25, 0.3) is 5.91 Å². The Balaban J connectivity index is 1.35. The molecule has 1 aliphatic rings. The molecule has 1 amide bonds. The first-order valence-electron chi connectivity index (χ1n) is 11.5. The van der Waals surface area contributed by atoms with Crippen molar-refractivity contribution in [3.63, 3.8) is 0 Å². The molecule has 172 valence electrons. The van der Waals surface area contributed by atoms with Gasteiger partial charge in [-0.25, -0.2) is 4.98 Å². The van der Waals surface area contributed by atoms with E-state index in [0.29, 0.717) is 42.7 Å². The van der Waals surface area contributed by atoms with Gasteiger partial charge in [-0.15, -0.1) is 0 Å². The van der Waals surface area contributed by atoms with Crippen molar-refractivity contribution in [1.82, 2.24) is 14.9 Å². The molecular formula is C27H26ClN5O. The maximum Gasteiger partial charge on any atom is 0.253 e. The Morgan fingerprint density at radius 1 is 0.882 bits per heavy atom. The summed E-state index contributed by atoms with van der Waals surface area (Å²) < 4.78 is 0. The van der Waals surface area contributed by atoms with E-state index < -0.39 is 0 Å². The fraction of sp³-hybridized carbons (Fsp3) is 0.222. The third-order valence-corrected chi connectivity index (χ3v) is 6.44. The van der Waals surface area contributed by atoms with Gasteiger partial charge in [-0.1, -0.05) is 54.1 Å². The van der Waals surface area contributed by atoms with Crippen LogP contribution in [0.5, 0.6) is 0 Å². The largest absolute Gasteiger partial charge is 0.363 e. The Morgan fingerprint density at radius 2 is 1.56 bits per heavy atom. The summed E-state index contributed by atoms with van der Waals surface area (Å²) in [5.74, 6) is 1.52. The monoisotopic (exact) mass is 471 g/mol. The van der Waals surface area contributed by atoms with Crippen molar-refractivity contribution in [1.29, 1.82) is 0 Å². The normalized spacial score (nSPS) is 14.8. The Kier molecular flexibility index (Phi) is 6.32. The molecule has 0 saturated carbocycles. The topological polar surface area (TPSA) is 61.4 Å². The molecule has 2 heterocycles.